The molecule has 24 heavy (non-hydrogen) atoms. The zero-order valence-electron chi connectivity index (χ0n) is 13.7. The van der Waals surface area contributed by atoms with Crippen molar-refractivity contribution >= 4 is 17.2 Å². The molecular formula is C18H21NO4S. The topological polar surface area (TPSA) is 67.8 Å². The molecule has 1 heterocycles. The number of carbonyl (C=O) groups excluding carboxylic acids is 1. The number of hydrogen-bond donors (Lipinski definition) is 2. The van der Waals surface area contributed by atoms with Crippen molar-refractivity contribution in [1.82, 2.24) is 5.32 Å². The van der Waals surface area contributed by atoms with Crippen molar-refractivity contribution in [3.63, 3.8) is 0 Å². The fraction of sp³-hybridized carbons (Fsp3) is 0.389. The van der Waals surface area contributed by atoms with Crippen molar-refractivity contribution in [3.8, 4) is 11.5 Å². The van der Waals surface area contributed by atoms with Crippen LogP contribution in [0, 0.1) is 5.92 Å². The van der Waals surface area contributed by atoms with Gasteiger partial charge in [-0.15, -0.1) is 11.3 Å². The number of thiophene rings is 1. The molecule has 3 rings (SSSR count). The lowest BCUT2D eigenvalue weighted by Gasteiger charge is -2.37. The Bertz CT molecular complexity index is 695. The van der Waals surface area contributed by atoms with Crippen LogP contribution in [0.3, 0.4) is 0 Å². The van der Waals surface area contributed by atoms with Gasteiger partial charge >= 0.3 is 0 Å². The van der Waals surface area contributed by atoms with Crippen molar-refractivity contribution < 1.29 is 19.4 Å². The van der Waals surface area contributed by atoms with Crippen LogP contribution in [0.2, 0.25) is 0 Å². The lowest BCUT2D eigenvalue weighted by Crippen LogP contribution is -2.41. The van der Waals surface area contributed by atoms with Crippen LogP contribution in [-0.4, -0.2) is 31.3 Å². The standard InChI is InChI=1S/C18H21NO4S/c1-22-14-6-3-5-13(17(14)23-2)18(21)19-16(11-9-12(20)10-11)15-7-4-8-24-15/h3-8,11-12,16,20H,9-10H2,1-2H3,(H,19,21). The molecule has 1 amide bonds. The normalized spacial score (nSPS) is 20.8. The fourth-order valence-electron chi connectivity index (χ4n) is 3.08. The van der Waals surface area contributed by atoms with Crippen LogP contribution in [0.15, 0.2) is 35.7 Å². The number of methoxy groups -OCH3 is 2. The van der Waals surface area contributed by atoms with E-state index in [2.05, 4.69) is 5.32 Å². The smallest absolute Gasteiger partial charge is 0.255 e. The summed E-state index contributed by atoms with van der Waals surface area (Å²) >= 11 is 1.61. The van der Waals surface area contributed by atoms with Crippen molar-refractivity contribution in [2.75, 3.05) is 14.2 Å². The number of aliphatic hydroxyl groups is 1. The average molecular weight is 347 g/mol. The van der Waals surface area contributed by atoms with Gasteiger partial charge in [0.1, 0.15) is 0 Å². The summed E-state index contributed by atoms with van der Waals surface area (Å²) in [6.07, 6.45) is 1.15. The number of carbonyl (C=O) groups is 1. The first-order chi connectivity index (χ1) is 11.6. The SMILES string of the molecule is COc1cccc(C(=O)NC(c2cccs2)C2CC(O)C2)c1OC. The number of para-hydroxylation sites is 1. The van der Waals surface area contributed by atoms with E-state index >= 15 is 0 Å². The Morgan fingerprint density at radius 2 is 2.04 bits per heavy atom. The summed E-state index contributed by atoms with van der Waals surface area (Å²) in [4.78, 5) is 13.9. The first-order valence-electron chi connectivity index (χ1n) is 7.87. The van der Waals surface area contributed by atoms with Gasteiger partial charge in [-0.25, -0.2) is 0 Å². The first kappa shape index (κ1) is 16.8. The van der Waals surface area contributed by atoms with E-state index in [0.717, 1.165) is 4.88 Å². The summed E-state index contributed by atoms with van der Waals surface area (Å²) in [6, 6.07) is 9.14. The summed E-state index contributed by atoms with van der Waals surface area (Å²) in [5, 5.41) is 14.7. The minimum absolute atomic E-state index is 0.100. The Labute approximate surface area is 145 Å². The maximum absolute atomic E-state index is 12.8. The van der Waals surface area contributed by atoms with Crippen molar-refractivity contribution in [2.45, 2.75) is 25.0 Å². The van der Waals surface area contributed by atoms with Crippen LogP contribution in [0.25, 0.3) is 0 Å². The number of nitrogens with one attached hydrogen (secondary N) is 1. The highest BCUT2D eigenvalue weighted by atomic mass is 32.1. The number of amides is 1. The maximum Gasteiger partial charge on any atom is 0.255 e. The molecule has 1 aromatic heterocycles. The Morgan fingerprint density at radius 1 is 1.25 bits per heavy atom. The molecule has 0 aliphatic heterocycles. The fourth-order valence-corrected chi connectivity index (χ4v) is 3.95. The first-order valence-corrected chi connectivity index (χ1v) is 8.75. The summed E-state index contributed by atoms with van der Waals surface area (Å²) in [6.45, 7) is 0. The molecule has 1 fully saturated rings. The summed E-state index contributed by atoms with van der Waals surface area (Å²) in [7, 11) is 3.07. The van der Waals surface area contributed by atoms with Crippen LogP contribution in [0.5, 0.6) is 11.5 Å². The summed E-state index contributed by atoms with van der Waals surface area (Å²) < 4.78 is 10.6. The molecule has 2 N–H and O–H groups in total. The Morgan fingerprint density at radius 3 is 2.62 bits per heavy atom. The monoisotopic (exact) mass is 347 g/mol. The lowest BCUT2D eigenvalue weighted by atomic mass is 9.76. The van der Waals surface area contributed by atoms with E-state index in [9.17, 15) is 9.90 Å². The molecule has 1 atom stereocenters. The Kier molecular flexibility index (Phi) is 5.06. The summed E-state index contributed by atoms with van der Waals surface area (Å²) in [5.41, 5.74) is 0.443. The second-order valence-corrected chi connectivity index (χ2v) is 6.87. The van der Waals surface area contributed by atoms with E-state index in [0.29, 0.717) is 29.9 Å². The van der Waals surface area contributed by atoms with E-state index in [1.54, 1.807) is 36.6 Å². The van der Waals surface area contributed by atoms with E-state index < -0.39 is 0 Å². The zero-order chi connectivity index (χ0) is 17.1. The number of aliphatic hydroxyl groups excluding tert-OH is 1. The highest BCUT2D eigenvalue weighted by molar-refractivity contribution is 7.10. The minimum atomic E-state index is -0.263. The van der Waals surface area contributed by atoms with E-state index in [1.165, 1.54) is 7.11 Å². The Hall–Kier alpha value is -2.05. The Balaban J connectivity index is 1.84. The minimum Gasteiger partial charge on any atom is -0.493 e. The second-order valence-electron chi connectivity index (χ2n) is 5.89. The predicted octanol–water partition coefficient (Wildman–Crippen LogP) is 3.01. The predicted molar refractivity (Wildman–Crippen MR) is 92.8 cm³/mol. The molecule has 1 aliphatic rings. The van der Waals surface area contributed by atoms with Crippen LogP contribution in [-0.2, 0) is 0 Å². The van der Waals surface area contributed by atoms with Gasteiger partial charge in [0, 0.05) is 4.88 Å². The van der Waals surface area contributed by atoms with Crippen molar-refractivity contribution in [2.24, 2.45) is 5.92 Å². The number of ether oxygens (including phenoxy) is 2. The van der Waals surface area contributed by atoms with Gasteiger partial charge in [-0.2, -0.15) is 0 Å². The third kappa shape index (κ3) is 3.25. The molecule has 128 valence electrons. The van der Waals surface area contributed by atoms with Gasteiger partial charge in [-0.3, -0.25) is 4.79 Å². The van der Waals surface area contributed by atoms with Crippen molar-refractivity contribution in [3.05, 3.63) is 46.2 Å². The molecule has 1 unspecified atom stereocenters. The molecule has 1 aliphatic carbocycles. The molecule has 0 bridgehead atoms. The molecule has 6 heteroatoms. The largest absolute Gasteiger partial charge is 0.493 e. The molecule has 0 radical (unpaired) electrons. The zero-order valence-corrected chi connectivity index (χ0v) is 14.5. The van der Waals surface area contributed by atoms with Gasteiger partial charge in [-0.05, 0) is 42.3 Å². The highest BCUT2D eigenvalue weighted by Gasteiger charge is 2.36. The van der Waals surface area contributed by atoms with Gasteiger partial charge in [0.2, 0.25) is 0 Å². The van der Waals surface area contributed by atoms with Gasteiger partial charge in [0.05, 0.1) is 31.9 Å². The third-order valence-electron chi connectivity index (χ3n) is 4.40. The van der Waals surface area contributed by atoms with Crippen LogP contribution < -0.4 is 14.8 Å². The molecule has 0 spiro atoms. The van der Waals surface area contributed by atoms with E-state index in [1.807, 2.05) is 17.5 Å². The highest BCUT2D eigenvalue weighted by Crippen LogP contribution is 2.40. The number of rotatable bonds is 6. The quantitative estimate of drug-likeness (QED) is 0.843. The van der Waals surface area contributed by atoms with Gasteiger partial charge in [0.15, 0.2) is 11.5 Å². The molecular weight excluding hydrogens is 326 g/mol. The van der Waals surface area contributed by atoms with Crippen LogP contribution in [0.4, 0.5) is 0 Å². The van der Waals surface area contributed by atoms with Gasteiger partial charge < -0.3 is 19.9 Å². The second kappa shape index (κ2) is 7.23. The molecule has 2 aromatic rings. The molecule has 0 saturated heterocycles. The molecule has 1 saturated carbocycles. The third-order valence-corrected chi connectivity index (χ3v) is 5.36. The number of hydrogen-bond acceptors (Lipinski definition) is 5. The molecule has 1 aromatic carbocycles. The summed E-state index contributed by atoms with van der Waals surface area (Å²) in [5.74, 6) is 0.998. The number of benzene rings is 1. The van der Waals surface area contributed by atoms with Gasteiger partial charge in [-0.1, -0.05) is 12.1 Å². The van der Waals surface area contributed by atoms with Gasteiger partial charge in [0.25, 0.3) is 5.91 Å². The lowest BCUT2D eigenvalue weighted by molar-refractivity contribution is 0.0241. The molecule has 5 nitrogen and oxygen atoms in total. The van der Waals surface area contributed by atoms with Crippen LogP contribution >= 0.6 is 11.3 Å². The maximum atomic E-state index is 12.8. The average Bonchev–Trinajstić information content (AvgIpc) is 3.10. The van der Waals surface area contributed by atoms with Crippen LogP contribution in [0.1, 0.15) is 34.1 Å². The van der Waals surface area contributed by atoms with E-state index in [-0.39, 0.29) is 24.0 Å². The van der Waals surface area contributed by atoms with E-state index in [4.69, 9.17) is 9.47 Å². The van der Waals surface area contributed by atoms with Crippen molar-refractivity contribution in [1.29, 1.82) is 0 Å².